The lowest BCUT2D eigenvalue weighted by Crippen LogP contribution is -2.47. The molecule has 1 fully saturated rings. The van der Waals surface area contributed by atoms with Crippen molar-refractivity contribution in [2.24, 2.45) is 0 Å². The van der Waals surface area contributed by atoms with Crippen LogP contribution in [0.15, 0.2) is 24.3 Å². The average Bonchev–Trinajstić information content (AvgIpc) is 2.86. The molecule has 0 bridgehead atoms. The zero-order valence-corrected chi connectivity index (χ0v) is 13.0. The molecule has 0 aliphatic carbocycles. The summed E-state index contributed by atoms with van der Waals surface area (Å²) in [5.74, 6) is -0.771. The molecular weight excluding hydrogens is 306 g/mol. The highest BCUT2D eigenvalue weighted by atomic mass is 32.2. The molecule has 2 atom stereocenters. The number of rotatable bonds is 2. The van der Waals surface area contributed by atoms with Crippen LogP contribution in [0.25, 0.3) is 0 Å². The summed E-state index contributed by atoms with van der Waals surface area (Å²) >= 11 is 0. The van der Waals surface area contributed by atoms with Gasteiger partial charge >= 0.3 is 5.97 Å². The number of hydrogen-bond acceptors (Lipinski definition) is 5. The molecule has 1 aromatic rings. The predicted molar refractivity (Wildman–Crippen MR) is 79.2 cm³/mol. The van der Waals surface area contributed by atoms with Gasteiger partial charge in [0, 0.05) is 19.5 Å². The number of cyclic esters (lactones) is 1. The van der Waals surface area contributed by atoms with Crippen LogP contribution < -0.4 is 0 Å². The summed E-state index contributed by atoms with van der Waals surface area (Å²) in [5.41, 5.74) is 1.27. The van der Waals surface area contributed by atoms with Crippen LogP contribution in [0, 0.1) is 0 Å². The molecule has 1 aromatic carbocycles. The Hall–Kier alpha value is -1.89. The smallest absolute Gasteiger partial charge is 0.339 e. The number of ether oxygens (including phenoxy) is 1. The topological polar surface area (TPSA) is 80.8 Å². The Morgan fingerprint density at radius 1 is 1.32 bits per heavy atom. The monoisotopic (exact) mass is 323 g/mol. The van der Waals surface area contributed by atoms with Crippen molar-refractivity contribution in [1.82, 2.24) is 4.90 Å². The maximum absolute atomic E-state index is 12.5. The number of amides is 1. The van der Waals surface area contributed by atoms with E-state index >= 15 is 0 Å². The van der Waals surface area contributed by atoms with E-state index in [0.29, 0.717) is 18.4 Å². The third-order valence-corrected chi connectivity index (χ3v) is 6.02. The molecule has 2 aliphatic heterocycles. The minimum atomic E-state index is -3.07. The van der Waals surface area contributed by atoms with Crippen molar-refractivity contribution in [3.63, 3.8) is 0 Å². The Kier molecular flexibility index (Phi) is 3.68. The lowest BCUT2D eigenvalue weighted by Gasteiger charge is -2.30. The van der Waals surface area contributed by atoms with Crippen LogP contribution in [0.2, 0.25) is 0 Å². The van der Waals surface area contributed by atoms with E-state index < -0.39 is 21.9 Å². The molecule has 0 unspecified atom stereocenters. The molecule has 6 nitrogen and oxygen atoms in total. The fourth-order valence-corrected chi connectivity index (χ4v) is 4.73. The number of nitrogens with zero attached hydrogens (tertiary/aromatic N) is 1. The second-order valence-electron chi connectivity index (χ2n) is 5.76. The standard InChI is InChI=1S/C15H17NO5S/c1-16(11-6-7-22(19,20)9-11)14(17)13-8-10-4-2-3-5-12(10)15(18)21-13/h2-5,11,13H,6-9H2,1H3/t11-,13-/m0/s1. The molecule has 1 saturated heterocycles. The second-order valence-corrected chi connectivity index (χ2v) is 7.99. The van der Waals surface area contributed by atoms with Gasteiger partial charge in [-0.15, -0.1) is 0 Å². The largest absolute Gasteiger partial charge is 0.448 e. The Morgan fingerprint density at radius 2 is 2.05 bits per heavy atom. The normalized spacial score (nSPS) is 26.1. The number of hydrogen-bond donors (Lipinski definition) is 0. The molecule has 0 N–H and O–H groups in total. The molecule has 0 radical (unpaired) electrons. The lowest BCUT2D eigenvalue weighted by molar-refractivity contribution is -0.141. The number of likely N-dealkylation sites (N-methyl/N-ethyl adjacent to an activating group) is 1. The van der Waals surface area contributed by atoms with Crippen LogP contribution in [-0.2, 0) is 25.8 Å². The molecule has 0 aromatic heterocycles. The highest BCUT2D eigenvalue weighted by Crippen LogP contribution is 2.23. The fourth-order valence-electron chi connectivity index (χ4n) is 2.96. The maximum atomic E-state index is 12.5. The van der Waals surface area contributed by atoms with Gasteiger partial charge in [-0.1, -0.05) is 18.2 Å². The van der Waals surface area contributed by atoms with Gasteiger partial charge in [-0.3, -0.25) is 4.79 Å². The SMILES string of the molecule is CN(C(=O)[C@@H]1Cc2ccccc2C(=O)O1)[C@H]1CCS(=O)(=O)C1. The van der Waals surface area contributed by atoms with Crippen LogP contribution in [0.1, 0.15) is 22.3 Å². The minimum Gasteiger partial charge on any atom is -0.448 e. The van der Waals surface area contributed by atoms with E-state index in [1.165, 1.54) is 4.90 Å². The maximum Gasteiger partial charge on any atom is 0.339 e. The van der Waals surface area contributed by atoms with Gasteiger partial charge in [-0.25, -0.2) is 13.2 Å². The van der Waals surface area contributed by atoms with Crippen LogP contribution in [-0.4, -0.2) is 55.9 Å². The van der Waals surface area contributed by atoms with Crippen molar-refractivity contribution in [3.8, 4) is 0 Å². The summed E-state index contributed by atoms with van der Waals surface area (Å²) in [4.78, 5) is 25.9. The van der Waals surface area contributed by atoms with Crippen molar-refractivity contribution in [2.45, 2.75) is 25.0 Å². The molecular formula is C15H17NO5S. The third-order valence-electron chi connectivity index (χ3n) is 4.27. The molecule has 1 amide bonds. The van der Waals surface area contributed by atoms with Crippen LogP contribution in [0.3, 0.4) is 0 Å². The number of fused-ring (bicyclic) bond motifs is 1. The van der Waals surface area contributed by atoms with Crippen molar-refractivity contribution in [2.75, 3.05) is 18.6 Å². The highest BCUT2D eigenvalue weighted by molar-refractivity contribution is 7.91. The van der Waals surface area contributed by atoms with Crippen LogP contribution >= 0.6 is 0 Å². The van der Waals surface area contributed by atoms with E-state index in [2.05, 4.69) is 0 Å². The van der Waals surface area contributed by atoms with Crippen LogP contribution in [0.4, 0.5) is 0 Å². The van der Waals surface area contributed by atoms with Gasteiger partial charge in [-0.2, -0.15) is 0 Å². The molecule has 7 heteroatoms. The number of carbonyl (C=O) groups is 2. The minimum absolute atomic E-state index is 0.0213. The number of sulfone groups is 1. The van der Waals surface area contributed by atoms with Gasteiger partial charge in [0.15, 0.2) is 15.9 Å². The van der Waals surface area contributed by atoms with Crippen molar-refractivity contribution < 1.29 is 22.7 Å². The summed E-state index contributed by atoms with van der Waals surface area (Å²) in [7, 11) is -1.49. The Labute approximate surface area is 129 Å². The van der Waals surface area contributed by atoms with Crippen molar-refractivity contribution in [1.29, 1.82) is 0 Å². The summed E-state index contributed by atoms with van der Waals surface area (Å²) in [6, 6.07) is 6.69. The molecule has 22 heavy (non-hydrogen) atoms. The van der Waals surface area contributed by atoms with Gasteiger partial charge < -0.3 is 9.64 Å². The van der Waals surface area contributed by atoms with Gasteiger partial charge in [0.1, 0.15) is 0 Å². The predicted octanol–water partition coefficient (Wildman–Crippen LogP) is 0.414. The molecule has 2 aliphatic rings. The van der Waals surface area contributed by atoms with Crippen LogP contribution in [0.5, 0.6) is 0 Å². The van der Waals surface area contributed by atoms with E-state index in [9.17, 15) is 18.0 Å². The van der Waals surface area contributed by atoms with E-state index in [4.69, 9.17) is 4.74 Å². The van der Waals surface area contributed by atoms with Gasteiger partial charge in [0.2, 0.25) is 0 Å². The first-order valence-electron chi connectivity index (χ1n) is 7.13. The Balaban J connectivity index is 1.75. The molecule has 0 spiro atoms. The highest BCUT2D eigenvalue weighted by Gasteiger charge is 2.38. The third kappa shape index (κ3) is 2.72. The van der Waals surface area contributed by atoms with E-state index in [-0.39, 0.29) is 23.5 Å². The van der Waals surface area contributed by atoms with Crippen molar-refractivity contribution >= 4 is 21.7 Å². The molecule has 0 saturated carbocycles. The number of carbonyl (C=O) groups excluding carboxylic acids is 2. The summed E-state index contributed by atoms with van der Waals surface area (Å²) < 4.78 is 28.3. The zero-order valence-electron chi connectivity index (χ0n) is 12.2. The number of benzene rings is 1. The summed E-state index contributed by atoms with van der Waals surface area (Å²) in [5, 5.41) is 0. The summed E-state index contributed by atoms with van der Waals surface area (Å²) in [6.45, 7) is 0. The molecule has 2 heterocycles. The lowest BCUT2D eigenvalue weighted by atomic mass is 9.98. The van der Waals surface area contributed by atoms with Gasteiger partial charge in [0.05, 0.1) is 17.1 Å². The fraction of sp³-hybridized carbons (Fsp3) is 0.467. The van der Waals surface area contributed by atoms with E-state index in [1.807, 2.05) is 6.07 Å². The Morgan fingerprint density at radius 3 is 2.73 bits per heavy atom. The quantitative estimate of drug-likeness (QED) is 0.737. The van der Waals surface area contributed by atoms with Gasteiger partial charge in [-0.05, 0) is 18.1 Å². The van der Waals surface area contributed by atoms with Crippen molar-refractivity contribution in [3.05, 3.63) is 35.4 Å². The molecule has 3 rings (SSSR count). The van der Waals surface area contributed by atoms with Gasteiger partial charge in [0.25, 0.3) is 5.91 Å². The zero-order chi connectivity index (χ0) is 15.9. The first kappa shape index (κ1) is 15.0. The first-order chi connectivity index (χ1) is 10.4. The summed E-state index contributed by atoms with van der Waals surface area (Å²) in [6.07, 6.45) is -0.123. The van der Waals surface area contributed by atoms with E-state index in [1.54, 1.807) is 25.2 Å². The number of esters is 1. The average molecular weight is 323 g/mol. The first-order valence-corrected chi connectivity index (χ1v) is 8.95. The Bertz CT molecular complexity index is 727. The second kappa shape index (κ2) is 5.39. The van der Waals surface area contributed by atoms with E-state index in [0.717, 1.165) is 5.56 Å². The molecule has 118 valence electrons.